The molecule has 5 N–H and O–H groups in total. The molecule has 2 rings (SSSR count). The SMILES string of the molecule is Cc1cn([C@@H]2C[C@H](N=[N+]=[N-])[C@@H](COP(=O)(O)CP(=O)(O)O)O2)c(=O)n(CCCCCN)c1=O. The zero-order valence-corrected chi connectivity index (χ0v) is 19.8. The van der Waals surface area contributed by atoms with Gasteiger partial charge in [-0.05, 0) is 31.8 Å². The number of azide groups is 1. The summed E-state index contributed by atoms with van der Waals surface area (Å²) in [6.07, 6.45) is 1.38. The van der Waals surface area contributed by atoms with Gasteiger partial charge in [-0.1, -0.05) is 11.5 Å². The van der Waals surface area contributed by atoms with E-state index in [0.717, 1.165) is 17.4 Å². The third-order valence-corrected chi connectivity index (χ3v) is 8.43. The monoisotopic (exact) mass is 510 g/mol. The summed E-state index contributed by atoms with van der Waals surface area (Å²) >= 11 is 0. The Labute approximate surface area is 188 Å². The van der Waals surface area contributed by atoms with Crippen LogP contribution in [0.4, 0.5) is 0 Å². The number of aryl methyl sites for hydroxylation is 1. The Morgan fingerprint density at radius 2 is 2.00 bits per heavy atom. The summed E-state index contributed by atoms with van der Waals surface area (Å²) in [5.41, 5.74) is 13.5. The van der Waals surface area contributed by atoms with E-state index < -0.39 is 57.3 Å². The van der Waals surface area contributed by atoms with Gasteiger partial charge in [-0.3, -0.25) is 23.1 Å². The summed E-state index contributed by atoms with van der Waals surface area (Å²) in [5, 5.41) is 3.57. The molecule has 0 aliphatic carbocycles. The molecule has 1 fully saturated rings. The van der Waals surface area contributed by atoms with Crippen molar-refractivity contribution < 1.29 is 33.1 Å². The van der Waals surface area contributed by atoms with Gasteiger partial charge in [-0.2, -0.15) is 0 Å². The maximum absolute atomic E-state index is 13.0. The number of hydrogen-bond acceptors (Lipinski definition) is 8. The van der Waals surface area contributed by atoms with Crippen LogP contribution < -0.4 is 17.0 Å². The quantitative estimate of drug-likeness (QED) is 0.101. The molecular weight excluding hydrogens is 482 g/mol. The Kier molecular flexibility index (Phi) is 9.62. The van der Waals surface area contributed by atoms with Crippen molar-refractivity contribution in [2.24, 2.45) is 10.8 Å². The van der Waals surface area contributed by atoms with Crippen LogP contribution in [0.2, 0.25) is 0 Å². The van der Waals surface area contributed by atoms with Gasteiger partial charge in [-0.15, -0.1) is 0 Å². The van der Waals surface area contributed by atoms with Crippen LogP contribution in [0.3, 0.4) is 0 Å². The van der Waals surface area contributed by atoms with Crippen LogP contribution in [-0.4, -0.2) is 55.0 Å². The smallest absolute Gasteiger partial charge is 0.340 e. The Bertz CT molecular complexity index is 1090. The summed E-state index contributed by atoms with van der Waals surface area (Å²) in [4.78, 5) is 55.6. The van der Waals surface area contributed by atoms with Gasteiger partial charge < -0.3 is 29.7 Å². The number of nitrogens with zero attached hydrogens (tertiary/aromatic N) is 5. The van der Waals surface area contributed by atoms with Gasteiger partial charge in [0, 0.05) is 29.6 Å². The van der Waals surface area contributed by atoms with Crippen molar-refractivity contribution in [2.45, 2.75) is 57.5 Å². The Balaban J connectivity index is 2.24. The van der Waals surface area contributed by atoms with Crippen LogP contribution in [0.15, 0.2) is 20.9 Å². The molecule has 0 spiro atoms. The first-order valence-corrected chi connectivity index (χ1v) is 13.7. The van der Waals surface area contributed by atoms with E-state index >= 15 is 0 Å². The molecule has 186 valence electrons. The first-order chi connectivity index (χ1) is 15.4. The molecule has 1 aromatic heterocycles. The van der Waals surface area contributed by atoms with Crippen LogP contribution >= 0.6 is 15.2 Å². The van der Waals surface area contributed by atoms with Crippen LogP contribution in [0.5, 0.6) is 0 Å². The van der Waals surface area contributed by atoms with Crippen molar-refractivity contribution in [1.29, 1.82) is 0 Å². The number of nitrogens with two attached hydrogens (primary N) is 1. The molecule has 0 radical (unpaired) electrons. The van der Waals surface area contributed by atoms with E-state index in [1.807, 2.05) is 0 Å². The highest BCUT2D eigenvalue weighted by atomic mass is 31.2. The first kappa shape index (κ1) is 27.5. The lowest BCUT2D eigenvalue weighted by atomic mass is 10.1. The van der Waals surface area contributed by atoms with Crippen LogP contribution in [0.25, 0.3) is 10.4 Å². The maximum atomic E-state index is 13.0. The highest BCUT2D eigenvalue weighted by Gasteiger charge is 2.39. The lowest BCUT2D eigenvalue weighted by Gasteiger charge is -2.20. The minimum atomic E-state index is -4.82. The maximum Gasteiger partial charge on any atom is 0.340 e. The molecule has 4 atom stereocenters. The van der Waals surface area contributed by atoms with Gasteiger partial charge in [0.15, 0.2) is 5.90 Å². The lowest BCUT2D eigenvalue weighted by Crippen LogP contribution is -2.42. The molecule has 1 unspecified atom stereocenters. The number of ether oxygens (including phenoxy) is 1. The molecule has 0 aromatic carbocycles. The largest absolute Gasteiger partial charge is 0.352 e. The number of unbranched alkanes of at least 4 members (excludes halogenated alkanes) is 2. The topological polar surface area (TPSA) is 232 Å². The highest BCUT2D eigenvalue weighted by Crippen LogP contribution is 2.55. The van der Waals surface area contributed by atoms with E-state index in [9.17, 15) is 23.6 Å². The third-order valence-electron chi connectivity index (χ3n) is 4.97. The predicted octanol–water partition coefficient (Wildman–Crippen LogP) is 0.751. The van der Waals surface area contributed by atoms with Crippen LogP contribution in [0.1, 0.15) is 37.5 Å². The lowest BCUT2D eigenvalue weighted by molar-refractivity contribution is -0.0244. The second-order valence-corrected chi connectivity index (χ2v) is 11.7. The Morgan fingerprint density at radius 1 is 1.30 bits per heavy atom. The Hall–Kier alpha value is -1.79. The minimum Gasteiger partial charge on any atom is -0.352 e. The average Bonchev–Trinajstić information content (AvgIpc) is 3.10. The molecule has 1 aromatic rings. The van der Waals surface area contributed by atoms with Crippen molar-refractivity contribution >= 4 is 15.2 Å². The van der Waals surface area contributed by atoms with E-state index in [2.05, 4.69) is 10.0 Å². The van der Waals surface area contributed by atoms with Gasteiger partial charge in [0.25, 0.3) is 5.56 Å². The third kappa shape index (κ3) is 7.89. The molecule has 0 saturated carbocycles. The minimum absolute atomic E-state index is 0.0109. The van der Waals surface area contributed by atoms with E-state index in [4.69, 9.17) is 30.3 Å². The fraction of sp³-hybridized carbons (Fsp3) is 0.750. The Morgan fingerprint density at radius 3 is 2.61 bits per heavy atom. The normalized spacial score (nSPS) is 22.6. The summed E-state index contributed by atoms with van der Waals surface area (Å²) in [6.45, 7) is 1.62. The van der Waals surface area contributed by atoms with Crippen LogP contribution in [0, 0.1) is 6.92 Å². The van der Waals surface area contributed by atoms with Gasteiger partial charge in [0.05, 0.1) is 18.8 Å². The molecule has 0 amide bonds. The number of aromatic nitrogens is 2. The van der Waals surface area contributed by atoms with Crippen molar-refractivity contribution in [3.8, 4) is 0 Å². The van der Waals surface area contributed by atoms with Gasteiger partial charge in [-0.25, -0.2) is 4.79 Å². The number of rotatable bonds is 12. The summed E-state index contributed by atoms with van der Waals surface area (Å²) in [6, 6.07) is -0.896. The average molecular weight is 510 g/mol. The summed E-state index contributed by atoms with van der Waals surface area (Å²) < 4.78 is 35.7. The molecule has 33 heavy (non-hydrogen) atoms. The standard InChI is InChI=1S/C16H28N6O9P2/c1-11-8-22(16(24)21(15(11)23)6-4-2-3-5-17)14-7-12(19-20-18)13(31-14)9-30-33(28,29)10-32(25,26)27/h8,12-14H,2-7,9-10,17H2,1H3,(H,28,29)(H2,25,26,27)/t12-,13+,14-/m0/s1. The van der Waals surface area contributed by atoms with E-state index in [1.165, 1.54) is 10.8 Å². The van der Waals surface area contributed by atoms with E-state index in [-0.39, 0.29) is 13.0 Å². The second-order valence-electron chi connectivity index (χ2n) is 7.68. The predicted molar refractivity (Wildman–Crippen MR) is 117 cm³/mol. The van der Waals surface area contributed by atoms with Gasteiger partial charge in [0.1, 0.15) is 6.23 Å². The highest BCUT2D eigenvalue weighted by molar-refractivity contribution is 7.70. The van der Waals surface area contributed by atoms with Crippen molar-refractivity contribution in [1.82, 2.24) is 9.13 Å². The molecule has 1 aliphatic rings. The zero-order chi connectivity index (χ0) is 24.8. The summed E-state index contributed by atoms with van der Waals surface area (Å²) in [7, 11) is -9.47. The molecule has 2 heterocycles. The van der Waals surface area contributed by atoms with E-state index in [0.29, 0.717) is 18.5 Å². The van der Waals surface area contributed by atoms with E-state index in [1.54, 1.807) is 6.92 Å². The van der Waals surface area contributed by atoms with Crippen molar-refractivity contribution in [3.63, 3.8) is 0 Å². The zero-order valence-electron chi connectivity index (χ0n) is 18.0. The molecule has 0 bridgehead atoms. The van der Waals surface area contributed by atoms with Crippen molar-refractivity contribution in [3.05, 3.63) is 43.0 Å². The number of hydrogen-bond donors (Lipinski definition) is 4. The summed E-state index contributed by atoms with van der Waals surface area (Å²) in [5.74, 6) is -1.38. The van der Waals surface area contributed by atoms with Gasteiger partial charge in [0.2, 0.25) is 0 Å². The molecule has 15 nitrogen and oxygen atoms in total. The van der Waals surface area contributed by atoms with Gasteiger partial charge >= 0.3 is 20.9 Å². The molecule has 17 heteroatoms. The van der Waals surface area contributed by atoms with Crippen molar-refractivity contribution in [2.75, 3.05) is 19.1 Å². The second kappa shape index (κ2) is 11.6. The fourth-order valence-corrected chi connectivity index (χ4v) is 6.01. The first-order valence-electron chi connectivity index (χ1n) is 10.1. The molecular formula is C16H28N6O9P2. The van der Waals surface area contributed by atoms with Crippen LogP contribution in [-0.2, 0) is 24.9 Å². The molecule has 1 aliphatic heterocycles. The fourth-order valence-electron chi connectivity index (χ4n) is 3.44. The molecule has 1 saturated heterocycles.